The lowest BCUT2D eigenvalue weighted by Crippen LogP contribution is -2.50. The Morgan fingerprint density at radius 2 is 2.06 bits per heavy atom. The van der Waals surface area contributed by atoms with Crippen LogP contribution >= 0.6 is 0 Å². The van der Waals surface area contributed by atoms with E-state index in [1.807, 2.05) is 20.0 Å². The molecule has 3 aromatic rings. The third kappa shape index (κ3) is 4.10. The standard InChI is InChI=1S/C25H29N3O3/c1-6-10-19-18(8-3)24(29)28(22(11-7-2)25(30)31)26-20(19)14-17-15-27(5)21-13-9-12-16(4)23(17)21/h6,8-10,12-13,15,22H,1,7,11,14H2,2-5H3,(H,30,31)/b18-8+,19-10+. The summed E-state index contributed by atoms with van der Waals surface area (Å²) in [4.78, 5) is 25.0. The van der Waals surface area contributed by atoms with Crippen molar-refractivity contribution in [3.63, 3.8) is 0 Å². The number of hydrogen-bond acceptors (Lipinski definition) is 3. The van der Waals surface area contributed by atoms with Crippen molar-refractivity contribution in [1.82, 2.24) is 14.3 Å². The first kappa shape index (κ1) is 22.3. The van der Waals surface area contributed by atoms with E-state index >= 15 is 0 Å². The molecule has 0 bridgehead atoms. The van der Waals surface area contributed by atoms with Gasteiger partial charge in [0.2, 0.25) is 0 Å². The van der Waals surface area contributed by atoms with Crippen LogP contribution in [0.3, 0.4) is 0 Å². The number of benzene rings is 1. The smallest absolute Gasteiger partial charge is 0.328 e. The zero-order chi connectivity index (χ0) is 22.7. The van der Waals surface area contributed by atoms with Gasteiger partial charge in [0.15, 0.2) is 6.04 Å². The Bertz CT molecular complexity index is 1330. The van der Waals surface area contributed by atoms with Gasteiger partial charge in [0, 0.05) is 41.0 Å². The number of carbonyl (C=O) groups is 1. The third-order valence-electron chi connectivity index (χ3n) is 5.64. The predicted octanol–water partition coefficient (Wildman–Crippen LogP) is 2.83. The fraction of sp³-hybridized carbons (Fsp3) is 0.320. The van der Waals surface area contributed by atoms with Gasteiger partial charge in [-0.2, -0.15) is 5.10 Å². The van der Waals surface area contributed by atoms with E-state index in [0.717, 1.165) is 26.7 Å². The fourth-order valence-electron chi connectivity index (χ4n) is 4.22. The second-order valence-corrected chi connectivity index (χ2v) is 7.77. The largest absolute Gasteiger partial charge is 0.480 e. The number of aliphatic carboxylic acids is 1. The van der Waals surface area contributed by atoms with Crippen molar-refractivity contribution < 1.29 is 9.90 Å². The number of fused-ring (bicyclic) bond motifs is 1. The second kappa shape index (κ2) is 9.16. The highest BCUT2D eigenvalue weighted by Crippen LogP contribution is 2.25. The van der Waals surface area contributed by atoms with E-state index in [1.165, 1.54) is 0 Å². The highest BCUT2D eigenvalue weighted by molar-refractivity contribution is 5.87. The zero-order valence-electron chi connectivity index (χ0n) is 18.6. The SMILES string of the molecule is C=C/C=c1/c(Cc2cn(C)c3cccc(C)c23)nn(C(CCC)C(=O)O)c(=O)/c1=C/C. The average Bonchev–Trinajstić information content (AvgIpc) is 3.05. The van der Waals surface area contributed by atoms with Crippen molar-refractivity contribution in [2.45, 2.75) is 46.1 Å². The van der Waals surface area contributed by atoms with E-state index in [4.69, 9.17) is 0 Å². The molecule has 0 spiro atoms. The molecule has 0 saturated carbocycles. The van der Waals surface area contributed by atoms with Gasteiger partial charge in [0.1, 0.15) is 0 Å². The first-order chi connectivity index (χ1) is 14.8. The summed E-state index contributed by atoms with van der Waals surface area (Å²) in [7, 11) is 2.00. The molecule has 0 aliphatic heterocycles. The maximum atomic E-state index is 13.1. The summed E-state index contributed by atoms with van der Waals surface area (Å²) < 4.78 is 3.23. The lowest BCUT2D eigenvalue weighted by Gasteiger charge is -2.16. The van der Waals surface area contributed by atoms with Gasteiger partial charge in [-0.3, -0.25) is 4.79 Å². The van der Waals surface area contributed by atoms with Crippen LogP contribution in [0, 0.1) is 6.92 Å². The molecule has 0 aliphatic carbocycles. The van der Waals surface area contributed by atoms with Gasteiger partial charge >= 0.3 is 5.97 Å². The molecule has 0 amide bonds. The van der Waals surface area contributed by atoms with Crippen LogP contribution in [0.5, 0.6) is 0 Å². The van der Waals surface area contributed by atoms with Gasteiger partial charge in [0.25, 0.3) is 5.56 Å². The molecule has 162 valence electrons. The van der Waals surface area contributed by atoms with Crippen LogP contribution in [0.1, 0.15) is 49.6 Å². The molecule has 2 aromatic heterocycles. The van der Waals surface area contributed by atoms with Crippen molar-refractivity contribution in [3.05, 3.63) is 74.7 Å². The second-order valence-electron chi connectivity index (χ2n) is 7.77. The minimum absolute atomic E-state index is 0.336. The lowest BCUT2D eigenvalue weighted by atomic mass is 10.0. The van der Waals surface area contributed by atoms with Crippen LogP contribution in [0.15, 0.2) is 41.8 Å². The van der Waals surface area contributed by atoms with Gasteiger partial charge in [-0.05, 0) is 37.5 Å². The van der Waals surface area contributed by atoms with Crippen LogP contribution in [0.25, 0.3) is 23.1 Å². The molecule has 0 aliphatic rings. The summed E-state index contributed by atoms with van der Waals surface area (Å²) in [5.41, 5.74) is 3.62. The Morgan fingerprint density at radius 3 is 2.68 bits per heavy atom. The molecule has 6 nitrogen and oxygen atoms in total. The summed E-state index contributed by atoms with van der Waals surface area (Å²) in [6, 6.07) is 5.18. The topological polar surface area (TPSA) is 77.1 Å². The van der Waals surface area contributed by atoms with E-state index in [0.29, 0.717) is 35.4 Å². The molecule has 6 heteroatoms. The Hall–Kier alpha value is -3.41. The average molecular weight is 420 g/mol. The normalized spacial score (nSPS) is 13.7. The minimum atomic E-state index is -1.05. The summed E-state index contributed by atoms with van der Waals surface area (Å²) in [6.07, 6.45) is 8.64. The number of allylic oxidation sites excluding steroid dienone is 1. The van der Waals surface area contributed by atoms with E-state index in [2.05, 4.69) is 41.5 Å². The summed E-state index contributed by atoms with van der Waals surface area (Å²) in [5.74, 6) is -1.05. The van der Waals surface area contributed by atoms with Crippen LogP contribution < -0.4 is 16.0 Å². The summed E-state index contributed by atoms with van der Waals surface area (Å²) >= 11 is 0. The molecule has 1 aromatic carbocycles. The summed E-state index contributed by atoms with van der Waals surface area (Å²) in [6.45, 7) is 9.54. The number of carboxylic acid groups (broad SMARTS) is 1. The van der Waals surface area contributed by atoms with Crippen molar-refractivity contribution in [1.29, 1.82) is 0 Å². The molecule has 1 atom stereocenters. The van der Waals surface area contributed by atoms with Gasteiger partial charge in [-0.15, -0.1) is 0 Å². The first-order valence-electron chi connectivity index (χ1n) is 10.5. The van der Waals surface area contributed by atoms with E-state index in [1.54, 1.807) is 25.2 Å². The molecule has 0 saturated heterocycles. The quantitative estimate of drug-likeness (QED) is 0.639. The lowest BCUT2D eigenvalue weighted by molar-refractivity contribution is -0.141. The molecule has 31 heavy (non-hydrogen) atoms. The van der Waals surface area contributed by atoms with E-state index in [-0.39, 0.29) is 0 Å². The molecule has 1 unspecified atom stereocenters. The molecule has 3 rings (SSSR count). The highest BCUT2D eigenvalue weighted by Gasteiger charge is 2.23. The van der Waals surface area contributed by atoms with Crippen molar-refractivity contribution in [2.24, 2.45) is 7.05 Å². The molecular formula is C25H29N3O3. The van der Waals surface area contributed by atoms with Crippen LogP contribution in [0.4, 0.5) is 0 Å². The van der Waals surface area contributed by atoms with Crippen LogP contribution in [-0.2, 0) is 18.3 Å². The number of carboxylic acids is 1. The van der Waals surface area contributed by atoms with Crippen LogP contribution in [-0.4, -0.2) is 25.4 Å². The van der Waals surface area contributed by atoms with E-state index in [9.17, 15) is 14.7 Å². The monoisotopic (exact) mass is 419 g/mol. The van der Waals surface area contributed by atoms with Crippen LogP contribution in [0.2, 0.25) is 0 Å². The number of aromatic nitrogens is 3. The van der Waals surface area contributed by atoms with E-state index < -0.39 is 17.6 Å². The fourth-order valence-corrected chi connectivity index (χ4v) is 4.22. The van der Waals surface area contributed by atoms with Gasteiger partial charge < -0.3 is 9.67 Å². The molecule has 2 heterocycles. The molecular weight excluding hydrogens is 390 g/mol. The predicted molar refractivity (Wildman–Crippen MR) is 125 cm³/mol. The van der Waals surface area contributed by atoms with Gasteiger partial charge in [0.05, 0.1) is 5.69 Å². The Morgan fingerprint density at radius 1 is 1.32 bits per heavy atom. The van der Waals surface area contributed by atoms with Crippen molar-refractivity contribution in [3.8, 4) is 0 Å². The highest BCUT2D eigenvalue weighted by atomic mass is 16.4. The third-order valence-corrected chi connectivity index (χ3v) is 5.64. The molecule has 1 N–H and O–H groups in total. The Kier molecular flexibility index (Phi) is 6.59. The van der Waals surface area contributed by atoms with Crippen molar-refractivity contribution >= 4 is 29.0 Å². The van der Waals surface area contributed by atoms with Crippen molar-refractivity contribution in [2.75, 3.05) is 0 Å². The summed E-state index contributed by atoms with van der Waals surface area (Å²) in [5, 5.41) is 16.6. The number of hydrogen-bond donors (Lipinski definition) is 1. The number of aryl methyl sites for hydroxylation is 2. The number of nitrogens with zero attached hydrogens (tertiary/aromatic N) is 3. The maximum absolute atomic E-state index is 13.1. The molecule has 0 fully saturated rings. The van der Waals surface area contributed by atoms with Gasteiger partial charge in [-0.25, -0.2) is 9.48 Å². The maximum Gasteiger partial charge on any atom is 0.328 e. The first-order valence-corrected chi connectivity index (χ1v) is 10.5. The molecule has 0 radical (unpaired) electrons. The Labute approximate surface area is 181 Å². The number of rotatable bonds is 7. The minimum Gasteiger partial charge on any atom is -0.480 e. The van der Waals surface area contributed by atoms with Gasteiger partial charge in [-0.1, -0.05) is 50.3 Å². The zero-order valence-corrected chi connectivity index (χ0v) is 18.6. The Balaban J connectivity index is 2.33.